The summed E-state index contributed by atoms with van der Waals surface area (Å²) in [5.41, 5.74) is 6.04. The maximum Gasteiger partial charge on any atom is 0.316 e. The Bertz CT molecular complexity index is 375. The van der Waals surface area contributed by atoms with Gasteiger partial charge in [-0.3, -0.25) is 9.59 Å². The second kappa shape index (κ2) is 5.42. The molecule has 0 aliphatic rings. The average Bonchev–Trinajstić information content (AvgIpc) is 2.29. The Balaban J connectivity index is 2.97. The van der Waals surface area contributed by atoms with Gasteiger partial charge in [0.25, 0.3) is 0 Å². The number of ketones is 1. The van der Waals surface area contributed by atoms with Crippen LogP contribution < -0.4 is 5.73 Å². The summed E-state index contributed by atoms with van der Waals surface area (Å²) in [7, 11) is 0. The second-order valence-corrected chi connectivity index (χ2v) is 3.62. The number of carbonyl (C=O) groups is 2. The number of aliphatic carboxylic acids is 1. The van der Waals surface area contributed by atoms with Crippen molar-refractivity contribution in [3.05, 3.63) is 35.9 Å². The highest BCUT2D eigenvalue weighted by atomic mass is 16.4. The zero-order valence-electron chi connectivity index (χ0n) is 9.09. The van der Waals surface area contributed by atoms with Crippen LogP contribution in [0.5, 0.6) is 0 Å². The summed E-state index contributed by atoms with van der Waals surface area (Å²) >= 11 is 0. The van der Waals surface area contributed by atoms with Gasteiger partial charge in [0.1, 0.15) is 5.92 Å². The number of hydrogen-bond acceptors (Lipinski definition) is 3. The molecule has 0 spiro atoms. The molecule has 0 aromatic heterocycles. The van der Waals surface area contributed by atoms with Crippen LogP contribution in [0.3, 0.4) is 0 Å². The first-order chi connectivity index (χ1) is 7.57. The largest absolute Gasteiger partial charge is 0.481 e. The fourth-order valence-electron chi connectivity index (χ4n) is 1.51. The fraction of sp³-hybridized carbons (Fsp3) is 0.333. The van der Waals surface area contributed by atoms with Gasteiger partial charge in [0.2, 0.25) is 0 Å². The van der Waals surface area contributed by atoms with Gasteiger partial charge in [-0.2, -0.15) is 0 Å². The summed E-state index contributed by atoms with van der Waals surface area (Å²) in [6.07, 6.45) is 0.454. The summed E-state index contributed by atoms with van der Waals surface area (Å²) in [5.74, 6) is -2.75. The van der Waals surface area contributed by atoms with Crippen molar-refractivity contribution in [2.24, 2.45) is 11.7 Å². The first kappa shape index (κ1) is 12.4. The van der Waals surface area contributed by atoms with E-state index in [2.05, 4.69) is 0 Å². The standard InChI is InChI=1S/C12H15NO3/c1-2-9(13)10(12(15)16)11(14)8-6-4-3-5-7-8/h3-7,9-10H,2,13H2,1H3,(H,15,16). The van der Waals surface area contributed by atoms with Gasteiger partial charge in [-0.25, -0.2) is 0 Å². The number of benzene rings is 1. The van der Waals surface area contributed by atoms with E-state index < -0.39 is 23.7 Å². The van der Waals surface area contributed by atoms with Crippen LogP contribution in [0.2, 0.25) is 0 Å². The molecule has 0 saturated heterocycles. The van der Waals surface area contributed by atoms with Crippen LogP contribution in [0.4, 0.5) is 0 Å². The number of hydrogen-bond donors (Lipinski definition) is 2. The van der Waals surface area contributed by atoms with Gasteiger partial charge < -0.3 is 10.8 Å². The van der Waals surface area contributed by atoms with Crippen molar-refractivity contribution in [2.75, 3.05) is 0 Å². The van der Waals surface area contributed by atoms with E-state index in [1.807, 2.05) is 0 Å². The minimum atomic E-state index is -1.16. The number of carboxylic acids is 1. The lowest BCUT2D eigenvalue weighted by Gasteiger charge is -2.17. The summed E-state index contributed by atoms with van der Waals surface area (Å²) in [4.78, 5) is 22.9. The molecule has 1 rings (SSSR count). The third kappa shape index (κ3) is 2.67. The quantitative estimate of drug-likeness (QED) is 0.580. The molecule has 0 saturated carbocycles. The summed E-state index contributed by atoms with van der Waals surface area (Å²) in [6.45, 7) is 1.76. The molecule has 0 radical (unpaired) electrons. The molecule has 16 heavy (non-hydrogen) atoms. The first-order valence-corrected chi connectivity index (χ1v) is 5.15. The van der Waals surface area contributed by atoms with Crippen LogP contribution in [0.15, 0.2) is 30.3 Å². The molecule has 0 fully saturated rings. The minimum absolute atomic E-state index is 0.388. The predicted octanol–water partition coefficient (Wildman–Crippen LogP) is 1.31. The van der Waals surface area contributed by atoms with Crippen LogP contribution >= 0.6 is 0 Å². The molecule has 0 aliphatic heterocycles. The molecule has 2 atom stereocenters. The maximum absolute atomic E-state index is 11.9. The maximum atomic E-state index is 11.9. The van der Waals surface area contributed by atoms with E-state index in [-0.39, 0.29) is 0 Å². The Morgan fingerprint density at radius 1 is 1.31 bits per heavy atom. The van der Waals surface area contributed by atoms with E-state index in [9.17, 15) is 9.59 Å². The Hall–Kier alpha value is -1.68. The van der Waals surface area contributed by atoms with Gasteiger partial charge in [-0.1, -0.05) is 37.3 Å². The van der Waals surface area contributed by atoms with Gasteiger partial charge in [0.15, 0.2) is 5.78 Å². The number of carbonyl (C=O) groups excluding carboxylic acids is 1. The van der Waals surface area contributed by atoms with Crippen molar-refractivity contribution in [1.82, 2.24) is 0 Å². The van der Waals surface area contributed by atoms with E-state index in [4.69, 9.17) is 10.8 Å². The number of rotatable bonds is 5. The number of nitrogens with two attached hydrogens (primary N) is 1. The van der Waals surface area contributed by atoms with Crippen molar-refractivity contribution in [3.63, 3.8) is 0 Å². The van der Waals surface area contributed by atoms with Crippen LogP contribution in [-0.4, -0.2) is 22.9 Å². The molecule has 1 aromatic rings. The van der Waals surface area contributed by atoms with Crippen molar-refractivity contribution < 1.29 is 14.7 Å². The molecule has 86 valence electrons. The molecule has 3 N–H and O–H groups in total. The van der Waals surface area contributed by atoms with Crippen LogP contribution in [0.1, 0.15) is 23.7 Å². The minimum Gasteiger partial charge on any atom is -0.481 e. The SMILES string of the molecule is CCC(N)C(C(=O)O)C(=O)c1ccccc1. The van der Waals surface area contributed by atoms with Crippen LogP contribution in [0.25, 0.3) is 0 Å². The third-order valence-electron chi connectivity index (χ3n) is 2.51. The predicted molar refractivity (Wildman–Crippen MR) is 60.2 cm³/mol. The smallest absolute Gasteiger partial charge is 0.316 e. The lowest BCUT2D eigenvalue weighted by Crippen LogP contribution is -2.40. The zero-order chi connectivity index (χ0) is 12.1. The van der Waals surface area contributed by atoms with Crippen molar-refractivity contribution in [3.8, 4) is 0 Å². The molecule has 0 bridgehead atoms. The monoisotopic (exact) mass is 221 g/mol. The highest BCUT2D eigenvalue weighted by Crippen LogP contribution is 2.14. The molecular formula is C12H15NO3. The summed E-state index contributed by atoms with van der Waals surface area (Å²) in [5, 5.41) is 9.01. The molecule has 2 unspecified atom stereocenters. The molecule has 1 aromatic carbocycles. The Morgan fingerprint density at radius 3 is 2.31 bits per heavy atom. The topological polar surface area (TPSA) is 80.4 Å². The molecular weight excluding hydrogens is 206 g/mol. The third-order valence-corrected chi connectivity index (χ3v) is 2.51. The molecule has 4 nitrogen and oxygen atoms in total. The highest BCUT2D eigenvalue weighted by molar-refractivity contribution is 6.08. The van der Waals surface area contributed by atoms with Crippen LogP contribution in [0, 0.1) is 5.92 Å². The first-order valence-electron chi connectivity index (χ1n) is 5.15. The van der Waals surface area contributed by atoms with E-state index >= 15 is 0 Å². The van der Waals surface area contributed by atoms with Crippen molar-refractivity contribution in [1.29, 1.82) is 0 Å². The van der Waals surface area contributed by atoms with Crippen molar-refractivity contribution >= 4 is 11.8 Å². The highest BCUT2D eigenvalue weighted by Gasteiger charge is 2.32. The summed E-state index contributed by atoms with van der Waals surface area (Å²) < 4.78 is 0. The summed E-state index contributed by atoms with van der Waals surface area (Å²) in [6, 6.07) is 7.71. The van der Waals surface area contributed by atoms with Gasteiger partial charge in [-0.05, 0) is 6.42 Å². The van der Waals surface area contributed by atoms with Gasteiger partial charge in [0, 0.05) is 11.6 Å². The van der Waals surface area contributed by atoms with Gasteiger partial charge >= 0.3 is 5.97 Å². The molecule has 4 heteroatoms. The Morgan fingerprint density at radius 2 is 1.88 bits per heavy atom. The molecule has 0 aliphatic carbocycles. The number of Topliss-reactive ketones (excluding diaryl/α,β-unsaturated/α-hetero) is 1. The fourth-order valence-corrected chi connectivity index (χ4v) is 1.51. The Kier molecular flexibility index (Phi) is 4.19. The average molecular weight is 221 g/mol. The second-order valence-electron chi connectivity index (χ2n) is 3.62. The molecule has 0 heterocycles. The zero-order valence-corrected chi connectivity index (χ0v) is 9.09. The molecule has 0 amide bonds. The number of carboxylic acid groups (broad SMARTS) is 1. The van der Waals surface area contributed by atoms with E-state index in [1.165, 1.54) is 0 Å². The van der Waals surface area contributed by atoms with Crippen molar-refractivity contribution in [2.45, 2.75) is 19.4 Å². The normalized spacial score (nSPS) is 14.1. The van der Waals surface area contributed by atoms with E-state index in [0.717, 1.165) is 0 Å². The lowest BCUT2D eigenvalue weighted by atomic mass is 9.90. The lowest BCUT2D eigenvalue weighted by molar-refractivity contribution is -0.140. The Labute approximate surface area is 94.1 Å². The van der Waals surface area contributed by atoms with Crippen LogP contribution in [-0.2, 0) is 4.79 Å². The van der Waals surface area contributed by atoms with Gasteiger partial charge in [0.05, 0.1) is 0 Å². The van der Waals surface area contributed by atoms with E-state index in [1.54, 1.807) is 37.3 Å². The van der Waals surface area contributed by atoms with E-state index in [0.29, 0.717) is 12.0 Å². The van der Waals surface area contributed by atoms with Gasteiger partial charge in [-0.15, -0.1) is 0 Å².